The van der Waals surface area contributed by atoms with E-state index >= 15 is 0 Å². The maximum Gasteiger partial charge on any atom is 0.288 e. The number of alkyl halides is 2. The standard InChI is InChI=1S/C9H17F2NO/c1-8(13,9(10,11)6-12)7-4-2-3-5-7/h7,13H,2-6,12H2,1H3. The van der Waals surface area contributed by atoms with Crippen LogP contribution in [-0.2, 0) is 0 Å². The molecule has 78 valence electrons. The van der Waals surface area contributed by atoms with Gasteiger partial charge >= 0.3 is 0 Å². The first-order valence-electron chi connectivity index (χ1n) is 4.72. The average molecular weight is 193 g/mol. The lowest BCUT2D eigenvalue weighted by Crippen LogP contribution is -2.54. The molecule has 1 rings (SSSR count). The third-order valence-electron chi connectivity index (χ3n) is 3.15. The summed E-state index contributed by atoms with van der Waals surface area (Å²) < 4.78 is 26.4. The first-order valence-corrected chi connectivity index (χ1v) is 4.72. The van der Waals surface area contributed by atoms with Gasteiger partial charge in [-0.15, -0.1) is 0 Å². The summed E-state index contributed by atoms with van der Waals surface area (Å²) in [6.45, 7) is 0.423. The molecule has 0 heterocycles. The van der Waals surface area contributed by atoms with Gasteiger partial charge in [-0.1, -0.05) is 12.8 Å². The minimum absolute atomic E-state index is 0.300. The third-order valence-corrected chi connectivity index (χ3v) is 3.15. The van der Waals surface area contributed by atoms with E-state index in [2.05, 4.69) is 0 Å². The summed E-state index contributed by atoms with van der Waals surface area (Å²) in [7, 11) is 0. The summed E-state index contributed by atoms with van der Waals surface area (Å²) >= 11 is 0. The first-order chi connectivity index (χ1) is 5.92. The molecule has 1 fully saturated rings. The molecule has 0 amide bonds. The highest BCUT2D eigenvalue weighted by atomic mass is 19.3. The van der Waals surface area contributed by atoms with Crippen molar-refractivity contribution in [2.24, 2.45) is 11.7 Å². The van der Waals surface area contributed by atoms with Crippen LogP contribution in [0.5, 0.6) is 0 Å². The van der Waals surface area contributed by atoms with Crippen LogP contribution >= 0.6 is 0 Å². The molecule has 0 spiro atoms. The van der Waals surface area contributed by atoms with Crippen molar-refractivity contribution in [1.82, 2.24) is 0 Å². The fourth-order valence-electron chi connectivity index (χ4n) is 1.99. The number of aliphatic hydroxyl groups is 1. The molecule has 1 saturated carbocycles. The smallest absolute Gasteiger partial charge is 0.288 e. The van der Waals surface area contributed by atoms with Gasteiger partial charge in [0.05, 0.1) is 6.54 Å². The Bertz CT molecular complexity index is 176. The molecule has 13 heavy (non-hydrogen) atoms. The van der Waals surface area contributed by atoms with Crippen LogP contribution in [0.4, 0.5) is 8.78 Å². The number of halogens is 2. The van der Waals surface area contributed by atoms with Gasteiger partial charge in [0.2, 0.25) is 0 Å². The van der Waals surface area contributed by atoms with Crippen molar-refractivity contribution >= 4 is 0 Å². The lowest BCUT2D eigenvalue weighted by atomic mass is 9.82. The second kappa shape index (κ2) is 3.50. The van der Waals surface area contributed by atoms with E-state index in [0.717, 1.165) is 12.8 Å². The SMILES string of the molecule is CC(O)(C1CCCC1)C(F)(F)CN. The fourth-order valence-corrected chi connectivity index (χ4v) is 1.99. The van der Waals surface area contributed by atoms with Crippen molar-refractivity contribution in [3.8, 4) is 0 Å². The van der Waals surface area contributed by atoms with Gasteiger partial charge in [0.1, 0.15) is 5.60 Å². The highest BCUT2D eigenvalue weighted by Crippen LogP contribution is 2.42. The van der Waals surface area contributed by atoms with E-state index in [4.69, 9.17) is 5.73 Å². The maximum atomic E-state index is 13.2. The number of rotatable bonds is 3. The van der Waals surface area contributed by atoms with Gasteiger partial charge in [-0.05, 0) is 25.7 Å². The lowest BCUT2D eigenvalue weighted by Gasteiger charge is -2.36. The Balaban J connectivity index is 2.73. The zero-order valence-corrected chi connectivity index (χ0v) is 7.89. The predicted octanol–water partition coefficient (Wildman–Crippen LogP) is 1.52. The first kappa shape index (κ1) is 10.9. The molecule has 4 heteroatoms. The van der Waals surface area contributed by atoms with Crippen LogP contribution in [0.3, 0.4) is 0 Å². The van der Waals surface area contributed by atoms with Gasteiger partial charge in [-0.2, -0.15) is 0 Å². The van der Waals surface area contributed by atoms with Crippen molar-refractivity contribution in [3.05, 3.63) is 0 Å². The molecule has 0 aliphatic heterocycles. The van der Waals surface area contributed by atoms with Gasteiger partial charge in [-0.25, -0.2) is 8.78 Å². The Labute approximate surface area is 77.1 Å². The Hall–Kier alpha value is -0.220. The summed E-state index contributed by atoms with van der Waals surface area (Å²) in [6, 6.07) is 0. The van der Waals surface area contributed by atoms with Crippen LogP contribution < -0.4 is 5.73 Å². The van der Waals surface area contributed by atoms with E-state index in [-0.39, 0.29) is 5.92 Å². The van der Waals surface area contributed by atoms with Crippen molar-refractivity contribution in [2.45, 2.75) is 44.1 Å². The topological polar surface area (TPSA) is 46.2 Å². The molecule has 0 aromatic carbocycles. The van der Waals surface area contributed by atoms with Crippen LogP contribution in [-0.4, -0.2) is 23.2 Å². The largest absolute Gasteiger partial charge is 0.384 e. The molecule has 2 nitrogen and oxygen atoms in total. The molecule has 1 aliphatic rings. The van der Waals surface area contributed by atoms with Gasteiger partial charge in [0, 0.05) is 0 Å². The number of nitrogens with two attached hydrogens (primary N) is 1. The highest BCUT2D eigenvalue weighted by Gasteiger charge is 2.52. The van der Waals surface area contributed by atoms with Crippen LogP contribution in [0.25, 0.3) is 0 Å². The van der Waals surface area contributed by atoms with Crippen LogP contribution in [0, 0.1) is 5.92 Å². The van der Waals surface area contributed by atoms with E-state index in [1.807, 2.05) is 0 Å². The third kappa shape index (κ3) is 1.83. The summed E-state index contributed by atoms with van der Waals surface area (Å²) in [4.78, 5) is 0. The zero-order chi connectivity index (χ0) is 10.1. The molecule has 1 unspecified atom stereocenters. The van der Waals surface area contributed by atoms with Crippen molar-refractivity contribution < 1.29 is 13.9 Å². The quantitative estimate of drug-likeness (QED) is 0.713. The summed E-state index contributed by atoms with van der Waals surface area (Å²) in [5.74, 6) is -3.46. The van der Waals surface area contributed by atoms with Gasteiger partial charge in [0.25, 0.3) is 5.92 Å². The Kier molecular flexibility index (Phi) is 2.92. The maximum absolute atomic E-state index is 13.2. The molecule has 0 saturated heterocycles. The van der Waals surface area contributed by atoms with Crippen LogP contribution in [0.2, 0.25) is 0 Å². The number of hydrogen-bond acceptors (Lipinski definition) is 2. The van der Waals surface area contributed by atoms with Crippen LogP contribution in [0.15, 0.2) is 0 Å². The van der Waals surface area contributed by atoms with E-state index < -0.39 is 18.1 Å². The molecule has 1 aliphatic carbocycles. The molecule has 0 radical (unpaired) electrons. The average Bonchev–Trinajstić information content (AvgIpc) is 2.56. The summed E-state index contributed by atoms with van der Waals surface area (Å²) in [6.07, 6.45) is 3.23. The Morgan fingerprint density at radius 3 is 2.23 bits per heavy atom. The molecule has 3 N–H and O–H groups in total. The highest BCUT2D eigenvalue weighted by molar-refractivity contribution is 4.96. The Morgan fingerprint density at radius 1 is 1.38 bits per heavy atom. The van der Waals surface area contributed by atoms with E-state index in [1.165, 1.54) is 6.92 Å². The fraction of sp³-hybridized carbons (Fsp3) is 1.00. The van der Waals surface area contributed by atoms with Gasteiger partial charge in [-0.3, -0.25) is 0 Å². The Morgan fingerprint density at radius 2 is 1.85 bits per heavy atom. The minimum atomic E-state index is -3.16. The van der Waals surface area contributed by atoms with Gasteiger partial charge < -0.3 is 10.8 Å². The van der Waals surface area contributed by atoms with E-state index in [0.29, 0.717) is 12.8 Å². The molecule has 1 atom stereocenters. The number of hydrogen-bond donors (Lipinski definition) is 2. The van der Waals surface area contributed by atoms with Crippen LogP contribution in [0.1, 0.15) is 32.6 Å². The molecular weight excluding hydrogens is 176 g/mol. The second-order valence-electron chi connectivity index (χ2n) is 4.04. The van der Waals surface area contributed by atoms with Gasteiger partial charge in [0.15, 0.2) is 0 Å². The normalized spacial score (nSPS) is 24.7. The predicted molar refractivity (Wildman–Crippen MR) is 46.6 cm³/mol. The zero-order valence-electron chi connectivity index (χ0n) is 7.89. The monoisotopic (exact) mass is 193 g/mol. The lowest BCUT2D eigenvalue weighted by molar-refractivity contribution is -0.190. The second-order valence-corrected chi connectivity index (χ2v) is 4.04. The van der Waals surface area contributed by atoms with E-state index in [1.54, 1.807) is 0 Å². The minimum Gasteiger partial charge on any atom is -0.384 e. The molecule has 0 aromatic heterocycles. The van der Waals surface area contributed by atoms with Crippen molar-refractivity contribution in [1.29, 1.82) is 0 Å². The summed E-state index contributed by atoms with van der Waals surface area (Å²) in [5, 5.41) is 9.71. The molecule has 0 bridgehead atoms. The molecule has 0 aromatic rings. The van der Waals surface area contributed by atoms with Crippen molar-refractivity contribution in [2.75, 3.05) is 6.54 Å². The van der Waals surface area contributed by atoms with Crippen molar-refractivity contribution in [3.63, 3.8) is 0 Å². The molecular formula is C9H17F2NO. The summed E-state index contributed by atoms with van der Waals surface area (Å²) in [5.41, 5.74) is 3.02. The van der Waals surface area contributed by atoms with E-state index in [9.17, 15) is 13.9 Å².